The van der Waals surface area contributed by atoms with Crippen molar-refractivity contribution in [1.29, 1.82) is 0 Å². The van der Waals surface area contributed by atoms with Gasteiger partial charge >= 0.3 is 0 Å². The standard InChI is InChI=1S/C40H32BN3S/c1-39(2)28-20-12-11-19-27(28)33-36-38(45-37(33)39)41-29-21-13-24-32-35(29)44(40(3,4)43(32)26-17-9-6-10-18-26)31-23-14-22-30(34(31)41)42(36)25-15-7-5-8-16-25/h5-24H,1-4H3. The van der Waals surface area contributed by atoms with E-state index in [0.29, 0.717) is 0 Å². The summed E-state index contributed by atoms with van der Waals surface area (Å²) in [5, 5.41) is 0. The lowest BCUT2D eigenvalue weighted by Crippen LogP contribution is -2.63. The summed E-state index contributed by atoms with van der Waals surface area (Å²) in [6.07, 6.45) is 0. The van der Waals surface area contributed by atoms with E-state index in [1.165, 1.54) is 77.1 Å². The van der Waals surface area contributed by atoms with Gasteiger partial charge in [0.1, 0.15) is 5.66 Å². The van der Waals surface area contributed by atoms with E-state index in [1.807, 2.05) is 11.3 Å². The Morgan fingerprint density at radius 2 is 1.22 bits per heavy atom. The molecule has 1 aliphatic carbocycles. The fourth-order valence-corrected chi connectivity index (χ4v) is 10.4. The van der Waals surface area contributed by atoms with Crippen LogP contribution in [0.3, 0.4) is 0 Å². The number of fused-ring (bicyclic) bond motifs is 8. The lowest BCUT2D eigenvalue weighted by molar-refractivity contribution is 0.541. The van der Waals surface area contributed by atoms with Gasteiger partial charge < -0.3 is 14.7 Å². The van der Waals surface area contributed by atoms with Crippen LogP contribution >= 0.6 is 11.3 Å². The predicted octanol–water partition coefficient (Wildman–Crippen LogP) is 8.69. The van der Waals surface area contributed by atoms with Gasteiger partial charge in [-0.1, -0.05) is 92.7 Å². The van der Waals surface area contributed by atoms with Crippen molar-refractivity contribution in [3.8, 4) is 11.1 Å². The molecule has 3 nitrogen and oxygen atoms in total. The molecule has 4 heterocycles. The third-order valence-corrected chi connectivity index (χ3v) is 12.2. The van der Waals surface area contributed by atoms with Crippen LogP contribution in [0.1, 0.15) is 38.1 Å². The van der Waals surface area contributed by atoms with Gasteiger partial charge in [-0.2, -0.15) is 11.3 Å². The molecule has 5 aromatic carbocycles. The highest BCUT2D eigenvalue weighted by Crippen LogP contribution is 2.59. The Morgan fingerprint density at radius 1 is 0.578 bits per heavy atom. The van der Waals surface area contributed by atoms with E-state index < -0.39 is 0 Å². The molecule has 0 saturated carbocycles. The van der Waals surface area contributed by atoms with Crippen LogP contribution in [0.2, 0.25) is 0 Å². The van der Waals surface area contributed by atoms with Crippen molar-refractivity contribution in [2.75, 3.05) is 14.7 Å². The lowest BCUT2D eigenvalue weighted by atomic mass is 9.36. The summed E-state index contributed by atoms with van der Waals surface area (Å²) in [6.45, 7) is 9.71. The summed E-state index contributed by atoms with van der Waals surface area (Å²) in [7, 11) is 0. The zero-order chi connectivity index (χ0) is 30.2. The van der Waals surface area contributed by atoms with Crippen LogP contribution in [-0.4, -0.2) is 12.4 Å². The normalized spacial score (nSPS) is 17.1. The second kappa shape index (κ2) is 8.50. The molecule has 0 fully saturated rings. The summed E-state index contributed by atoms with van der Waals surface area (Å²) in [5.41, 5.74) is 15.7. The molecule has 3 aliphatic heterocycles. The Balaban J connectivity index is 1.33. The maximum absolute atomic E-state index is 2.62. The van der Waals surface area contributed by atoms with Gasteiger partial charge in [0.15, 0.2) is 0 Å². The number of nitrogens with zero attached hydrogens (tertiary/aromatic N) is 3. The first-order valence-electron chi connectivity index (χ1n) is 15.9. The van der Waals surface area contributed by atoms with Crippen molar-refractivity contribution in [3.63, 3.8) is 0 Å². The van der Waals surface area contributed by atoms with E-state index in [0.717, 1.165) is 0 Å². The quantitative estimate of drug-likeness (QED) is 0.185. The number of hydrogen-bond acceptors (Lipinski definition) is 4. The number of anilines is 7. The molecule has 0 N–H and O–H groups in total. The molecule has 0 bridgehead atoms. The Morgan fingerprint density at radius 3 is 2.00 bits per heavy atom. The summed E-state index contributed by atoms with van der Waals surface area (Å²) in [5.74, 6) is 0. The van der Waals surface area contributed by atoms with Crippen LogP contribution in [0.5, 0.6) is 0 Å². The number of rotatable bonds is 2. The van der Waals surface area contributed by atoms with Gasteiger partial charge in [0.2, 0.25) is 0 Å². The SMILES string of the molecule is CC1(C)c2ccccc2-c2c1sc1c2N(c2ccccc2)c2cccc3c2B1c1cccc2c1N3C(C)(C)N2c1ccccc1. The summed E-state index contributed by atoms with van der Waals surface area (Å²) >= 11 is 2.04. The summed E-state index contributed by atoms with van der Waals surface area (Å²) in [6, 6.07) is 44.9. The average Bonchev–Trinajstić information content (AvgIpc) is 3.64. The molecule has 45 heavy (non-hydrogen) atoms. The minimum atomic E-state index is -0.310. The minimum Gasteiger partial charge on any atom is -0.317 e. The van der Waals surface area contributed by atoms with Gasteiger partial charge in [-0.05, 0) is 78.4 Å². The largest absolute Gasteiger partial charge is 0.317 e. The highest BCUT2D eigenvalue weighted by atomic mass is 32.1. The van der Waals surface area contributed by atoms with E-state index in [2.05, 4.69) is 164 Å². The van der Waals surface area contributed by atoms with Crippen molar-refractivity contribution in [1.82, 2.24) is 0 Å². The third-order valence-electron chi connectivity index (χ3n) is 10.6. The van der Waals surface area contributed by atoms with Gasteiger partial charge in [-0.25, -0.2) is 0 Å². The topological polar surface area (TPSA) is 9.72 Å². The molecule has 216 valence electrons. The highest BCUT2D eigenvalue weighted by Gasteiger charge is 2.54. The highest BCUT2D eigenvalue weighted by molar-refractivity contribution is 7.29. The molecule has 0 atom stereocenters. The van der Waals surface area contributed by atoms with E-state index in [4.69, 9.17) is 0 Å². The molecular formula is C40H32BN3S. The summed E-state index contributed by atoms with van der Waals surface area (Å²) < 4.78 is 1.45. The zero-order valence-corrected chi connectivity index (χ0v) is 26.7. The van der Waals surface area contributed by atoms with Gasteiger partial charge in [0.25, 0.3) is 6.71 Å². The van der Waals surface area contributed by atoms with Crippen molar-refractivity contribution >= 4 is 73.6 Å². The molecule has 0 amide bonds. The van der Waals surface area contributed by atoms with Gasteiger partial charge in [0, 0.05) is 43.4 Å². The molecule has 0 spiro atoms. The van der Waals surface area contributed by atoms with Gasteiger partial charge in [-0.15, -0.1) is 0 Å². The smallest absolute Gasteiger partial charge is 0.264 e. The first kappa shape index (κ1) is 25.6. The maximum atomic E-state index is 2.62. The van der Waals surface area contributed by atoms with Gasteiger partial charge in [0.05, 0.1) is 17.1 Å². The molecule has 0 unspecified atom stereocenters. The summed E-state index contributed by atoms with van der Waals surface area (Å²) in [4.78, 5) is 9.21. The van der Waals surface area contributed by atoms with Crippen LogP contribution in [0.15, 0.2) is 121 Å². The Bertz CT molecular complexity index is 2200. The zero-order valence-electron chi connectivity index (χ0n) is 25.9. The molecule has 1 aromatic heterocycles. The van der Waals surface area contributed by atoms with Crippen molar-refractivity contribution < 1.29 is 0 Å². The molecule has 10 rings (SSSR count). The van der Waals surface area contributed by atoms with E-state index in [1.54, 1.807) is 0 Å². The number of hydrogen-bond donors (Lipinski definition) is 0. The Labute approximate surface area is 269 Å². The number of thiophene rings is 1. The van der Waals surface area contributed by atoms with Gasteiger partial charge in [-0.3, -0.25) is 0 Å². The van der Waals surface area contributed by atoms with Crippen LogP contribution < -0.4 is 30.4 Å². The van der Waals surface area contributed by atoms with E-state index >= 15 is 0 Å². The van der Waals surface area contributed by atoms with E-state index in [-0.39, 0.29) is 17.8 Å². The Hall–Kier alpha value is -4.74. The van der Waals surface area contributed by atoms with Crippen molar-refractivity contribution in [2.45, 2.75) is 38.8 Å². The monoisotopic (exact) mass is 597 g/mol. The van der Waals surface area contributed by atoms with Crippen molar-refractivity contribution in [2.24, 2.45) is 0 Å². The Kier molecular flexibility index (Phi) is 4.83. The average molecular weight is 598 g/mol. The number of para-hydroxylation sites is 3. The van der Waals surface area contributed by atoms with Crippen LogP contribution in [-0.2, 0) is 5.41 Å². The minimum absolute atomic E-state index is 0.0588. The van der Waals surface area contributed by atoms with E-state index in [9.17, 15) is 0 Å². The molecule has 0 radical (unpaired) electrons. The van der Waals surface area contributed by atoms with Crippen molar-refractivity contribution in [3.05, 3.63) is 132 Å². The van der Waals surface area contributed by atoms with Crippen LogP contribution in [0, 0.1) is 0 Å². The fourth-order valence-electron chi connectivity index (χ4n) is 8.86. The predicted molar refractivity (Wildman–Crippen MR) is 192 cm³/mol. The van der Waals surface area contributed by atoms with Crippen LogP contribution in [0.4, 0.5) is 39.8 Å². The fraction of sp³-hybridized carbons (Fsp3) is 0.150. The first-order valence-corrected chi connectivity index (χ1v) is 16.7. The molecule has 0 saturated heterocycles. The molecule has 4 aliphatic rings. The molecule has 5 heteroatoms. The maximum Gasteiger partial charge on any atom is 0.264 e. The molecular weight excluding hydrogens is 565 g/mol. The molecule has 6 aromatic rings. The first-order chi connectivity index (χ1) is 21.9. The lowest BCUT2D eigenvalue weighted by Gasteiger charge is -2.46. The third kappa shape index (κ3) is 3.02. The number of benzene rings is 5. The van der Waals surface area contributed by atoms with Crippen LogP contribution in [0.25, 0.3) is 11.1 Å². The second-order valence-electron chi connectivity index (χ2n) is 13.7. The second-order valence-corrected chi connectivity index (χ2v) is 14.8.